The summed E-state index contributed by atoms with van der Waals surface area (Å²) in [6.07, 6.45) is 5.46. The second-order valence-electron chi connectivity index (χ2n) is 21.3. The van der Waals surface area contributed by atoms with Crippen molar-refractivity contribution in [1.82, 2.24) is 50.0 Å². The molecule has 1 aliphatic carbocycles. The van der Waals surface area contributed by atoms with Gasteiger partial charge < -0.3 is 30.6 Å². The highest BCUT2D eigenvalue weighted by Crippen LogP contribution is 2.45. The minimum absolute atomic E-state index is 0.0552. The zero-order chi connectivity index (χ0) is 51.8. The fourth-order valence-corrected chi connectivity index (χ4v) is 12.6. The number of anilines is 1. The number of hydrogen-bond acceptors (Lipinski definition) is 13. The van der Waals surface area contributed by atoms with Crippen molar-refractivity contribution in [3.05, 3.63) is 116 Å². The van der Waals surface area contributed by atoms with E-state index in [1.54, 1.807) is 16.3 Å². The molecule has 4 atom stereocenters. The SMILES string of the molecule is CC(C)[C@@H](C(=O)N1C[C@H](O)C[C@H]1C(=O)N[C@@H](C)c1ccc(-c2scnc2C#CCNCCO)cc1)n1cc(C2CCC(CN3CCN(c4ccc5c(c4)-n4c(nc(=O)c6c(Cl)cccc64)C5(C)C)CC3)CC2)nn1. The van der Waals surface area contributed by atoms with E-state index < -0.39 is 23.6 Å². The van der Waals surface area contributed by atoms with E-state index >= 15 is 0 Å². The average Bonchev–Trinajstić information content (AvgIpc) is 4.20. The van der Waals surface area contributed by atoms with Gasteiger partial charge in [0.05, 0.1) is 68.4 Å². The highest BCUT2D eigenvalue weighted by Gasteiger charge is 2.44. The highest BCUT2D eigenvalue weighted by molar-refractivity contribution is 7.13. The van der Waals surface area contributed by atoms with E-state index in [4.69, 9.17) is 16.7 Å². The van der Waals surface area contributed by atoms with Crippen molar-refractivity contribution in [2.45, 2.75) is 102 Å². The number of aliphatic hydroxyl groups excluding tert-OH is 2. The summed E-state index contributed by atoms with van der Waals surface area (Å²) in [6, 6.07) is 18.3. The maximum atomic E-state index is 14.5. The fraction of sp³-hybridized carbons (Fsp3) is 0.482. The number of nitrogens with one attached hydrogen (secondary N) is 2. The molecule has 6 aromatic rings. The molecular weight excluding hydrogens is 974 g/mol. The molecular formula is C56H66ClN11O5S. The number of benzene rings is 3. The van der Waals surface area contributed by atoms with Crippen molar-refractivity contribution in [3.63, 3.8) is 0 Å². The third-order valence-electron chi connectivity index (χ3n) is 15.7. The topological polar surface area (TPSA) is 187 Å². The molecule has 2 saturated heterocycles. The molecule has 74 heavy (non-hydrogen) atoms. The van der Waals surface area contributed by atoms with Crippen molar-refractivity contribution in [1.29, 1.82) is 0 Å². The molecule has 1 saturated carbocycles. The smallest absolute Gasteiger partial charge is 0.282 e. The lowest BCUT2D eigenvalue weighted by molar-refractivity contribution is -0.142. The number of nitrogens with zero attached hydrogens (tertiary/aromatic N) is 9. The molecule has 4 N–H and O–H groups in total. The van der Waals surface area contributed by atoms with Crippen LogP contribution in [-0.2, 0) is 15.0 Å². The van der Waals surface area contributed by atoms with E-state index in [1.807, 2.05) is 63.4 Å². The first-order valence-electron chi connectivity index (χ1n) is 26.1. The largest absolute Gasteiger partial charge is 0.395 e. The number of likely N-dealkylation sites (tertiary alicyclic amines) is 1. The summed E-state index contributed by atoms with van der Waals surface area (Å²) in [5, 5.41) is 36.0. The van der Waals surface area contributed by atoms with Crippen LogP contribution in [0.3, 0.4) is 0 Å². The number of rotatable bonds is 14. The number of halogens is 1. The predicted molar refractivity (Wildman–Crippen MR) is 289 cm³/mol. The summed E-state index contributed by atoms with van der Waals surface area (Å²) in [7, 11) is 0. The monoisotopic (exact) mass is 1040 g/mol. The Morgan fingerprint density at radius 2 is 1.77 bits per heavy atom. The molecule has 6 heterocycles. The quantitative estimate of drug-likeness (QED) is 0.0691. The molecule has 4 aliphatic rings. The van der Waals surface area contributed by atoms with Crippen LogP contribution in [0.1, 0.15) is 113 Å². The molecule has 18 heteroatoms. The summed E-state index contributed by atoms with van der Waals surface area (Å²) in [5.74, 6) is 7.04. The average molecular weight is 1040 g/mol. The summed E-state index contributed by atoms with van der Waals surface area (Å²) >= 11 is 8.05. The van der Waals surface area contributed by atoms with Crippen molar-refractivity contribution in [3.8, 4) is 28.0 Å². The highest BCUT2D eigenvalue weighted by atomic mass is 35.5. The van der Waals surface area contributed by atoms with Crippen LogP contribution in [0.4, 0.5) is 5.69 Å². The maximum Gasteiger partial charge on any atom is 0.282 e. The van der Waals surface area contributed by atoms with E-state index in [2.05, 4.69) is 89.2 Å². The Morgan fingerprint density at radius 1 is 1.00 bits per heavy atom. The van der Waals surface area contributed by atoms with Gasteiger partial charge in [0.1, 0.15) is 23.6 Å². The molecule has 0 radical (unpaired) electrons. The Hall–Kier alpha value is -6.00. The van der Waals surface area contributed by atoms with Crippen LogP contribution in [-0.4, -0.2) is 132 Å². The van der Waals surface area contributed by atoms with Crippen LogP contribution in [0.15, 0.2) is 77.2 Å². The fourth-order valence-electron chi connectivity index (χ4n) is 11.6. The minimum Gasteiger partial charge on any atom is -0.395 e. The molecule has 388 valence electrons. The van der Waals surface area contributed by atoms with E-state index in [1.165, 1.54) is 21.9 Å². The minimum atomic E-state index is -0.829. The second kappa shape index (κ2) is 21.7. The third-order valence-corrected chi connectivity index (χ3v) is 16.9. The first-order valence-corrected chi connectivity index (χ1v) is 27.3. The van der Waals surface area contributed by atoms with Gasteiger partial charge in [-0.3, -0.25) is 23.9 Å². The van der Waals surface area contributed by atoms with E-state index in [9.17, 15) is 19.5 Å². The summed E-state index contributed by atoms with van der Waals surface area (Å²) < 4.78 is 3.81. The van der Waals surface area contributed by atoms with Crippen LogP contribution in [0.5, 0.6) is 0 Å². The van der Waals surface area contributed by atoms with Crippen LogP contribution in [0.25, 0.3) is 27.0 Å². The number of aromatic nitrogens is 6. The number of thiazole rings is 1. The molecule has 3 fully saturated rings. The number of carbonyl (C=O) groups excluding carboxylic acids is 2. The first-order chi connectivity index (χ1) is 35.7. The molecule has 3 aliphatic heterocycles. The molecule has 2 amide bonds. The van der Waals surface area contributed by atoms with Crippen LogP contribution in [0, 0.1) is 23.7 Å². The van der Waals surface area contributed by atoms with E-state index in [0.29, 0.717) is 35.1 Å². The number of fused-ring (bicyclic) bond motifs is 5. The second-order valence-corrected chi connectivity index (χ2v) is 22.6. The van der Waals surface area contributed by atoms with Gasteiger partial charge in [-0.25, -0.2) is 9.67 Å². The van der Waals surface area contributed by atoms with E-state index in [0.717, 1.165) is 103 Å². The first kappa shape index (κ1) is 51.5. The van der Waals surface area contributed by atoms with Gasteiger partial charge in [-0.15, -0.1) is 16.4 Å². The lowest BCUT2D eigenvalue weighted by Crippen LogP contribution is -2.49. The van der Waals surface area contributed by atoms with E-state index in [-0.39, 0.29) is 54.8 Å². The number of β-amino-alcohol motifs (C(OH)–C–C–N with tert-alkyl or cyclic N) is 1. The lowest BCUT2D eigenvalue weighted by Gasteiger charge is -2.39. The van der Waals surface area contributed by atoms with Gasteiger partial charge in [-0.2, -0.15) is 4.98 Å². The maximum absolute atomic E-state index is 14.5. The van der Waals surface area contributed by atoms with Crippen LogP contribution < -0.4 is 21.1 Å². The zero-order valence-electron chi connectivity index (χ0n) is 42.8. The Bertz CT molecular complexity index is 3140. The molecule has 0 unspecified atom stereocenters. The summed E-state index contributed by atoms with van der Waals surface area (Å²) in [4.78, 5) is 58.1. The van der Waals surface area contributed by atoms with Gasteiger partial charge in [0, 0.05) is 70.0 Å². The number of carbonyl (C=O) groups is 2. The van der Waals surface area contributed by atoms with Crippen molar-refractivity contribution >= 4 is 51.3 Å². The molecule has 10 rings (SSSR count). The van der Waals surface area contributed by atoms with Gasteiger partial charge in [0.2, 0.25) is 11.8 Å². The number of piperazine rings is 1. The third kappa shape index (κ3) is 10.2. The molecule has 0 bridgehead atoms. The lowest BCUT2D eigenvalue weighted by atomic mass is 9.80. The summed E-state index contributed by atoms with van der Waals surface area (Å²) in [5.41, 5.74) is 8.64. The number of hydrogen-bond donors (Lipinski definition) is 4. The van der Waals surface area contributed by atoms with Gasteiger partial charge >= 0.3 is 0 Å². The van der Waals surface area contributed by atoms with Crippen LogP contribution >= 0.6 is 22.9 Å². The van der Waals surface area contributed by atoms with Crippen molar-refractivity contribution in [2.75, 3.05) is 63.9 Å². The Kier molecular flexibility index (Phi) is 15.1. The standard InChI is InChI=1S/C56H66ClN11O5S/c1-34(2)50(54(73)66-31-41(70)29-48(66)52(71)60-35(3)37-15-17-39(18-16-37)51-44(59-33-74-51)9-7-21-58-22-27-69)67-32-45(62-63-67)38-13-11-36(12-14-38)30-64-23-25-65(26-24-64)40-19-20-42-47(28-40)68-46-10-6-8-43(57)49(46)53(72)61-55(68)56(42,4)5/h6,8,10,15-20,28,32-36,38,41,48,50,58,69-70H,11-14,21-27,29-31H2,1-5H3,(H,60,71)/t35-,36?,38?,41+,48-,50-/m0/s1. The van der Waals surface area contributed by atoms with Crippen molar-refractivity contribution < 1.29 is 19.8 Å². The molecule has 0 spiro atoms. The van der Waals surface area contributed by atoms with Gasteiger partial charge in [-0.1, -0.05) is 73.0 Å². The molecule has 3 aromatic heterocycles. The number of amides is 2. The van der Waals surface area contributed by atoms with Gasteiger partial charge in [-0.05, 0) is 105 Å². The van der Waals surface area contributed by atoms with Crippen LogP contribution in [0.2, 0.25) is 5.02 Å². The Balaban J connectivity index is 0.720. The predicted octanol–water partition coefficient (Wildman–Crippen LogP) is 6.46. The number of aliphatic hydroxyl groups is 2. The van der Waals surface area contributed by atoms with Gasteiger partial charge in [0.25, 0.3) is 5.56 Å². The Labute approximate surface area is 441 Å². The van der Waals surface area contributed by atoms with Gasteiger partial charge in [0.15, 0.2) is 0 Å². The zero-order valence-corrected chi connectivity index (χ0v) is 44.4. The summed E-state index contributed by atoms with van der Waals surface area (Å²) in [6.45, 7) is 16.1. The Morgan fingerprint density at radius 3 is 2.51 bits per heavy atom. The molecule has 16 nitrogen and oxygen atoms in total. The van der Waals surface area contributed by atoms with Crippen molar-refractivity contribution in [2.24, 2.45) is 11.8 Å². The molecule has 3 aromatic carbocycles. The normalized spacial score (nSPS) is 21.3.